The van der Waals surface area contributed by atoms with Crippen LogP contribution in [0, 0.1) is 0 Å². The molecule has 6 heteroatoms. The number of hydrogen-bond donors (Lipinski definition) is 2. The van der Waals surface area contributed by atoms with Crippen molar-refractivity contribution in [2.45, 2.75) is 50.3 Å². The van der Waals surface area contributed by atoms with Gasteiger partial charge >= 0.3 is 0 Å². The Morgan fingerprint density at radius 1 is 1.14 bits per heavy atom. The summed E-state index contributed by atoms with van der Waals surface area (Å²) in [6.07, 6.45) is 8.32. The minimum absolute atomic E-state index is 0.0663. The number of hydrogen-bond acceptors (Lipinski definition) is 4. The lowest BCUT2D eigenvalue weighted by molar-refractivity contribution is 0.472. The van der Waals surface area contributed by atoms with Gasteiger partial charge in [0.25, 0.3) is 10.1 Å². The first kappa shape index (κ1) is 17.7. The zero-order valence-corrected chi connectivity index (χ0v) is 13.1. The molecule has 1 aromatic rings. The van der Waals surface area contributed by atoms with Gasteiger partial charge in [-0.1, -0.05) is 39.0 Å². The maximum absolute atomic E-state index is 11.2. The van der Waals surface area contributed by atoms with E-state index in [1.807, 2.05) is 0 Å². The first-order chi connectivity index (χ1) is 9.95. The fraction of sp³-hybridized carbons (Fsp3) is 0.533. The Morgan fingerprint density at radius 2 is 1.81 bits per heavy atom. The summed E-state index contributed by atoms with van der Waals surface area (Å²) in [5.41, 5.74) is 0.198. The van der Waals surface area contributed by atoms with Crippen molar-refractivity contribution in [2.24, 2.45) is 4.99 Å². The molecule has 0 unspecified atom stereocenters. The van der Waals surface area contributed by atoms with Crippen molar-refractivity contribution >= 4 is 16.3 Å². The van der Waals surface area contributed by atoms with E-state index in [-0.39, 0.29) is 16.2 Å². The molecule has 0 bridgehead atoms. The lowest BCUT2D eigenvalue weighted by Gasteiger charge is -2.03. The Bertz CT molecular complexity index is 567. The Morgan fingerprint density at radius 3 is 2.48 bits per heavy atom. The molecule has 0 aromatic heterocycles. The second kappa shape index (κ2) is 8.79. The van der Waals surface area contributed by atoms with Gasteiger partial charge in [-0.2, -0.15) is 8.42 Å². The van der Waals surface area contributed by atoms with Crippen LogP contribution in [0.4, 0.5) is 0 Å². The maximum Gasteiger partial charge on any atom is 0.295 e. The summed E-state index contributed by atoms with van der Waals surface area (Å²) < 4.78 is 31.5. The van der Waals surface area contributed by atoms with E-state index in [1.165, 1.54) is 44.0 Å². The highest BCUT2D eigenvalue weighted by molar-refractivity contribution is 7.86. The predicted octanol–water partition coefficient (Wildman–Crippen LogP) is 3.42. The van der Waals surface area contributed by atoms with E-state index in [0.717, 1.165) is 18.9 Å². The minimum Gasteiger partial charge on any atom is -0.508 e. The number of benzene rings is 1. The van der Waals surface area contributed by atoms with Crippen molar-refractivity contribution < 1.29 is 18.1 Å². The Balaban J connectivity index is 2.54. The van der Waals surface area contributed by atoms with Crippen LogP contribution in [0.25, 0.3) is 0 Å². The standard InChI is InChI=1S/C15H23NO4S/c1-2-3-4-5-6-7-10-16-12-13-11-14(17)8-9-15(13)21(18,19)20/h8-9,11-12,17H,2-7,10H2,1H3,(H,18,19,20). The summed E-state index contributed by atoms with van der Waals surface area (Å²) >= 11 is 0. The minimum atomic E-state index is -4.31. The van der Waals surface area contributed by atoms with E-state index in [2.05, 4.69) is 11.9 Å². The van der Waals surface area contributed by atoms with E-state index in [9.17, 15) is 13.5 Å². The Hall–Kier alpha value is -1.40. The van der Waals surface area contributed by atoms with Gasteiger partial charge in [0.1, 0.15) is 10.6 Å². The molecule has 0 saturated carbocycles. The summed E-state index contributed by atoms with van der Waals surface area (Å²) in [6.45, 7) is 2.78. The van der Waals surface area contributed by atoms with E-state index in [1.54, 1.807) is 0 Å². The van der Waals surface area contributed by atoms with Crippen LogP contribution < -0.4 is 0 Å². The quantitative estimate of drug-likeness (QED) is 0.415. The lowest BCUT2D eigenvalue weighted by atomic mass is 10.1. The van der Waals surface area contributed by atoms with Crippen LogP contribution in [0.15, 0.2) is 28.1 Å². The number of phenolic OH excluding ortho intramolecular Hbond substituents is 1. The lowest BCUT2D eigenvalue weighted by Crippen LogP contribution is -2.02. The van der Waals surface area contributed by atoms with Crippen LogP contribution >= 0.6 is 0 Å². The van der Waals surface area contributed by atoms with Gasteiger partial charge in [-0.15, -0.1) is 0 Å². The molecule has 2 N–H and O–H groups in total. The Labute approximate surface area is 126 Å². The predicted molar refractivity (Wildman–Crippen MR) is 83.8 cm³/mol. The SMILES string of the molecule is CCCCCCCCN=Cc1cc(O)ccc1S(=O)(=O)O. The van der Waals surface area contributed by atoms with Gasteiger partial charge in [-0.05, 0) is 24.6 Å². The topological polar surface area (TPSA) is 87.0 Å². The van der Waals surface area contributed by atoms with Crippen LogP contribution in [-0.4, -0.2) is 30.8 Å². The molecule has 0 atom stereocenters. The number of nitrogens with zero attached hydrogens (tertiary/aromatic N) is 1. The number of rotatable bonds is 9. The second-order valence-corrected chi connectivity index (χ2v) is 6.39. The zero-order valence-electron chi connectivity index (χ0n) is 12.3. The molecule has 0 spiro atoms. The molecule has 1 aromatic carbocycles. The van der Waals surface area contributed by atoms with Crippen LogP contribution in [0.5, 0.6) is 5.75 Å². The highest BCUT2D eigenvalue weighted by Crippen LogP contribution is 2.19. The van der Waals surface area contributed by atoms with Gasteiger partial charge in [-0.25, -0.2) is 0 Å². The smallest absolute Gasteiger partial charge is 0.295 e. The van der Waals surface area contributed by atoms with Crippen LogP contribution in [0.2, 0.25) is 0 Å². The summed E-state index contributed by atoms with van der Waals surface area (Å²) in [5.74, 6) is -0.0663. The molecular weight excluding hydrogens is 290 g/mol. The largest absolute Gasteiger partial charge is 0.508 e. The molecule has 118 valence electrons. The fourth-order valence-electron chi connectivity index (χ4n) is 2.02. The number of unbranched alkanes of at least 4 members (excludes halogenated alkanes) is 5. The summed E-state index contributed by atoms with van der Waals surface area (Å²) in [7, 11) is -4.31. The van der Waals surface area contributed by atoms with Crippen molar-refractivity contribution in [1.82, 2.24) is 0 Å². The Kier molecular flexibility index (Phi) is 7.39. The molecule has 0 saturated heterocycles. The maximum atomic E-state index is 11.2. The number of aromatic hydroxyl groups is 1. The third kappa shape index (κ3) is 6.73. The van der Waals surface area contributed by atoms with E-state index < -0.39 is 10.1 Å². The van der Waals surface area contributed by atoms with Crippen molar-refractivity contribution in [3.8, 4) is 5.75 Å². The second-order valence-electron chi connectivity index (χ2n) is 5.00. The molecule has 0 fully saturated rings. The van der Waals surface area contributed by atoms with Crippen molar-refractivity contribution in [1.29, 1.82) is 0 Å². The summed E-state index contributed by atoms with van der Waals surface area (Å²) in [6, 6.07) is 3.65. The van der Waals surface area contributed by atoms with Crippen molar-refractivity contribution in [2.75, 3.05) is 6.54 Å². The van der Waals surface area contributed by atoms with Gasteiger partial charge in [0, 0.05) is 18.3 Å². The van der Waals surface area contributed by atoms with Gasteiger partial charge in [0.2, 0.25) is 0 Å². The molecular formula is C15H23NO4S. The average molecular weight is 313 g/mol. The average Bonchev–Trinajstić information content (AvgIpc) is 2.40. The highest BCUT2D eigenvalue weighted by Gasteiger charge is 2.14. The van der Waals surface area contributed by atoms with Gasteiger partial charge in [-0.3, -0.25) is 9.55 Å². The first-order valence-corrected chi connectivity index (χ1v) is 8.69. The number of phenols is 1. The van der Waals surface area contributed by atoms with Gasteiger partial charge in [0.05, 0.1) is 0 Å². The molecule has 5 nitrogen and oxygen atoms in total. The molecule has 0 aliphatic heterocycles. The van der Waals surface area contributed by atoms with Crippen molar-refractivity contribution in [3.63, 3.8) is 0 Å². The summed E-state index contributed by atoms with van der Waals surface area (Å²) in [5, 5.41) is 9.39. The molecule has 0 aliphatic rings. The van der Waals surface area contributed by atoms with Crippen molar-refractivity contribution in [3.05, 3.63) is 23.8 Å². The third-order valence-corrected chi connectivity index (χ3v) is 4.07. The van der Waals surface area contributed by atoms with E-state index >= 15 is 0 Å². The van der Waals surface area contributed by atoms with E-state index in [0.29, 0.717) is 6.54 Å². The zero-order chi connectivity index (χ0) is 15.7. The van der Waals surface area contributed by atoms with Crippen LogP contribution in [0.1, 0.15) is 51.0 Å². The number of aliphatic imine (C=N–C) groups is 1. The van der Waals surface area contributed by atoms with Crippen LogP contribution in [0.3, 0.4) is 0 Å². The third-order valence-electron chi connectivity index (χ3n) is 3.14. The first-order valence-electron chi connectivity index (χ1n) is 7.25. The van der Waals surface area contributed by atoms with Crippen LogP contribution in [-0.2, 0) is 10.1 Å². The molecule has 0 amide bonds. The highest BCUT2D eigenvalue weighted by atomic mass is 32.2. The molecule has 1 rings (SSSR count). The molecule has 0 radical (unpaired) electrons. The molecule has 0 heterocycles. The molecule has 21 heavy (non-hydrogen) atoms. The summed E-state index contributed by atoms with van der Waals surface area (Å²) in [4.78, 5) is 3.92. The fourth-order valence-corrected chi connectivity index (χ4v) is 2.67. The van der Waals surface area contributed by atoms with E-state index in [4.69, 9.17) is 4.55 Å². The monoisotopic (exact) mass is 313 g/mol. The molecule has 0 aliphatic carbocycles. The van der Waals surface area contributed by atoms with Gasteiger partial charge in [0.15, 0.2) is 0 Å². The normalized spacial score (nSPS) is 12.1. The van der Waals surface area contributed by atoms with Gasteiger partial charge < -0.3 is 5.11 Å².